The van der Waals surface area contributed by atoms with Gasteiger partial charge in [-0.05, 0) is 68.8 Å². The van der Waals surface area contributed by atoms with Crippen LogP contribution in [0.3, 0.4) is 0 Å². The summed E-state index contributed by atoms with van der Waals surface area (Å²) in [6, 6.07) is 6.25. The zero-order chi connectivity index (χ0) is 19.7. The zero-order valence-corrected chi connectivity index (χ0v) is 18.0. The van der Waals surface area contributed by atoms with E-state index in [-0.39, 0.29) is 12.3 Å². The van der Waals surface area contributed by atoms with Crippen molar-refractivity contribution < 1.29 is 5.11 Å². The third-order valence-electron chi connectivity index (χ3n) is 5.39. The first kappa shape index (κ1) is 19.5. The van der Waals surface area contributed by atoms with E-state index in [2.05, 4.69) is 20.3 Å². The molecule has 1 fully saturated rings. The number of benzene rings is 1. The van der Waals surface area contributed by atoms with E-state index in [1.165, 1.54) is 12.8 Å². The van der Waals surface area contributed by atoms with Crippen LogP contribution in [0.4, 0.5) is 5.95 Å². The number of imidazole rings is 1. The highest BCUT2D eigenvalue weighted by Gasteiger charge is 2.34. The van der Waals surface area contributed by atoms with Crippen molar-refractivity contribution in [2.45, 2.75) is 39.0 Å². The third-order valence-corrected chi connectivity index (χ3v) is 11.0. The number of fused-ring (bicyclic) bond motifs is 1. The summed E-state index contributed by atoms with van der Waals surface area (Å²) < 4.78 is 0. The van der Waals surface area contributed by atoms with Gasteiger partial charge in [0, 0.05) is 17.9 Å². The van der Waals surface area contributed by atoms with Crippen LogP contribution in [0.5, 0.6) is 0 Å². The van der Waals surface area contributed by atoms with Crippen LogP contribution in [0.2, 0.25) is 0 Å². The van der Waals surface area contributed by atoms with Crippen LogP contribution in [-0.4, -0.2) is 43.9 Å². The molecule has 28 heavy (non-hydrogen) atoms. The second-order valence-corrected chi connectivity index (χ2v) is 13.2. The van der Waals surface area contributed by atoms with Crippen LogP contribution in [0.1, 0.15) is 41.3 Å². The number of H-pyrrole nitrogens is 1. The molecule has 3 heterocycles. The number of aliphatic hydroxyl groups excluding tert-OH is 1. The number of rotatable bonds is 6. The Bertz CT molecular complexity index is 1020. The molecule has 0 spiro atoms. The SMILES string of the molecule is Cc1cc(C)nc(NCC(c2nc3ccc(CO)cc3[nH]2)P2(=S)CCCC2)n1. The molecular formula is C20H26N5OPS. The highest BCUT2D eigenvalue weighted by Crippen LogP contribution is 2.63. The monoisotopic (exact) mass is 415 g/mol. The molecule has 2 aromatic heterocycles. The number of hydrogen-bond donors (Lipinski definition) is 3. The average Bonchev–Trinajstić information content (AvgIpc) is 3.27. The molecule has 0 radical (unpaired) electrons. The zero-order valence-electron chi connectivity index (χ0n) is 16.3. The Morgan fingerprint density at radius 2 is 1.86 bits per heavy atom. The van der Waals surface area contributed by atoms with Gasteiger partial charge in [0.15, 0.2) is 0 Å². The van der Waals surface area contributed by atoms with E-state index in [9.17, 15) is 5.11 Å². The van der Waals surface area contributed by atoms with Crippen molar-refractivity contribution in [3.8, 4) is 0 Å². The number of aromatic nitrogens is 4. The Hall–Kier alpha value is -1.82. The van der Waals surface area contributed by atoms with E-state index >= 15 is 0 Å². The Labute approximate surface area is 170 Å². The van der Waals surface area contributed by atoms with Crippen LogP contribution in [0.25, 0.3) is 11.0 Å². The molecular weight excluding hydrogens is 389 g/mol. The van der Waals surface area contributed by atoms with Gasteiger partial charge >= 0.3 is 0 Å². The van der Waals surface area contributed by atoms with Crippen LogP contribution in [0, 0.1) is 13.8 Å². The number of aromatic amines is 1. The van der Waals surface area contributed by atoms with Gasteiger partial charge in [0.05, 0.1) is 23.3 Å². The van der Waals surface area contributed by atoms with Crippen molar-refractivity contribution in [1.82, 2.24) is 19.9 Å². The molecule has 0 amide bonds. The molecule has 0 aliphatic carbocycles. The lowest BCUT2D eigenvalue weighted by Crippen LogP contribution is -2.17. The van der Waals surface area contributed by atoms with Gasteiger partial charge < -0.3 is 15.4 Å². The second-order valence-electron chi connectivity index (χ2n) is 7.61. The van der Waals surface area contributed by atoms with Gasteiger partial charge in [-0.3, -0.25) is 0 Å². The van der Waals surface area contributed by atoms with E-state index in [1.54, 1.807) is 0 Å². The predicted molar refractivity (Wildman–Crippen MR) is 118 cm³/mol. The van der Waals surface area contributed by atoms with Crippen molar-refractivity contribution in [1.29, 1.82) is 0 Å². The molecule has 148 valence electrons. The maximum atomic E-state index is 9.41. The first-order chi connectivity index (χ1) is 13.5. The number of hydrogen-bond acceptors (Lipinski definition) is 6. The minimum Gasteiger partial charge on any atom is -0.392 e. The summed E-state index contributed by atoms with van der Waals surface area (Å²) in [4.78, 5) is 17.4. The summed E-state index contributed by atoms with van der Waals surface area (Å²) in [5.74, 6) is 1.61. The molecule has 3 aromatic rings. The van der Waals surface area contributed by atoms with Crippen molar-refractivity contribution in [2.24, 2.45) is 0 Å². The normalized spacial score (nSPS) is 17.1. The highest BCUT2D eigenvalue weighted by atomic mass is 32.4. The van der Waals surface area contributed by atoms with E-state index in [1.807, 2.05) is 38.1 Å². The van der Waals surface area contributed by atoms with E-state index in [0.717, 1.165) is 46.1 Å². The largest absolute Gasteiger partial charge is 0.392 e. The smallest absolute Gasteiger partial charge is 0.223 e. The van der Waals surface area contributed by atoms with Crippen molar-refractivity contribution in [3.05, 3.63) is 47.0 Å². The molecule has 1 aliphatic heterocycles. The van der Waals surface area contributed by atoms with Crippen LogP contribution in [-0.2, 0) is 18.4 Å². The summed E-state index contributed by atoms with van der Waals surface area (Å²) in [7, 11) is 0. The third kappa shape index (κ3) is 3.97. The number of nitrogens with zero attached hydrogens (tertiary/aromatic N) is 3. The van der Waals surface area contributed by atoms with Crippen LogP contribution in [0.15, 0.2) is 24.3 Å². The summed E-state index contributed by atoms with van der Waals surface area (Å²) in [5.41, 5.74) is 4.82. The molecule has 1 aliphatic rings. The standard InChI is InChI=1S/C20H26N5OPS/c1-13-9-14(2)23-20(22-13)21-11-18(27(28)7-3-4-8-27)19-24-16-6-5-15(12-26)10-17(16)25-19/h5-6,9-10,18,26H,3-4,7-8,11-12H2,1-2H3,(H,24,25)(H,21,22,23). The highest BCUT2D eigenvalue weighted by molar-refractivity contribution is 8.14. The topological polar surface area (TPSA) is 86.7 Å². The van der Waals surface area contributed by atoms with Gasteiger partial charge in [-0.1, -0.05) is 17.9 Å². The Kier molecular flexibility index (Phi) is 5.50. The molecule has 1 unspecified atom stereocenters. The lowest BCUT2D eigenvalue weighted by Gasteiger charge is -2.26. The maximum absolute atomic E-state index is 9.41. The number of aliphatic hydroxyl groups is 1. The van der Waals surface area contributed by atoms with Gasteiger partial charge in [0.2, 0.25) is 5.95 Å². The van der Waals surface area contributed by atoms with E-state index in [4.69, 9.17) is 16.8 Å². The lowest BCUT2D eigenvalue weighted by molar-refractivity contribution is 0.282. The molecule has 8 heteroatoms. The fraction of sp³-hybridized carbons (Fsp3) is 0.450. The molecule has 0 bridgehead atoms. The van der Waals surface area contributed by atoms with E-state index in [0.29, 0.717) is 12.5 Å². The fourth-order valence-corrected chi connectivity index (χ4v) is 8.65. The van der Waals surface area contributed by atoms with Gasteiger partial charge in [-0.15, -0.1) is 0 Å². The van der Waals surface area contributed by atoms with Gasteiger partial charge in [0.1, 0.15) is 5.82 Å². The van der Waals surface area contributed by atoms with Crippen LogP contribution < -0.4 is 5.32 Å². The Morgan fingerprint density at radius 1 is 1.14 bits per heavy atom. The first-order valence-electron chi connectivity index (χ1n) is 9.70. The Balaban J connectivity index is 1.66. The molecule has 4 rings (SSSR count). The van der Waals surface area contributed by atoms with Crippen molar-refractivity contribution in [2.75, 3.05) is 24.2 Å². The molecule has 6 nitrogen and oxygen atoms in total. The minimum atomic E-state index is -1.56. The quantitative estimate of drug-likeness (QED) is 0.530. The number of nitrogens with one attached hydrogen (secondary N) is 2. The van der Waals surface area contributed by atoms with Gasteiger partial charge in [-0.25, -0.2) is 15.0 Å². The van der Waals surface area contributed by atoms with Gasteiger partial charge in [0.25, 0.3) is 0 Å². The summed E-state index contributed by atoms with van der Waals surface area (Å²) in [6.45, 7) is 4.67. The fourth-order valence-electron chi connectivity index (χ4n) is 3.99. The maximum Gasteiger partial charge on any atom is 0.223 e. The molecule has 1 atom stereocenters. The predicted octanol–water partition coefficient (Wildman–Crippen LogP) is 3.89. The summed E-state index contributed by atoms with van der Waals surface area (Å²) in [6.07, 6.45) is 4.67. The van der Waals surface area contributed by atoms with Crippen LogP contribution >= 0.6 is 6.04 Å². The first-order valence-corrected chi connectivity index (χ1v) is 12.9. The lowest BCUT2D eigenvalue weighted by atomic mass is 10.2. The second kappa shape index (κ2) is 7.90. The van der Waals surface area contributed by atoms with Crippen molar-refractivity contribution in [3.63, 3.8) is 0 Å². The van der Waals surface area contributed by atoms with E-state index < -0.39 is 6.04 Å². The molecule has 0 saturated carbocycles. The average molecular weight is 416 g/mol. The Morgan fingerprint density at radius 3 is 2.54 bits per heavy atom. The van der Waals surface area contributed by atoms with Crippen molar-refractivity contribution >= 4 is 34.8 Å². The number of aryl methyl sites for hydroxylation is 2. The summed E-state index contributed by atoms with van der Waals surface area (Å²) >= 11 is 6.22. The van der Waals surface area contributed by atoms with Gasteiger partial charge in [-0.2, -0.15) is 0 Å². The molecule has 1 aromatic carbocycles. The molecule has 1 saturated heterocycles. The number of anilines is 1. The summed E-state index contributed by atoms with van der Waals surface area (Å²) in [5, 5.41) is 12.8. The minimum absolute atomic E-state index is 0.0251. The molecule has 3 N–H and O–H groups in total.